The predicted octanol–water partition coefficient (Wildman–Crippen LogP) is 0.178. The molecule has 0 aromatic heterocycles. The molecule has 3 nitrogen and oxygen atoms in total. The van der Waals surface area contributed by atoms with Crippen LogP contribution in [0.1, 0.15) is 20.8 Å². The van der Waals surface area contributed by atoms with Gasteiger partial charge in [0.05, 0.1) is 0 Å². The second-order valence-electron chi connectivity index (χ2n) is 1.97. The predicted molar refractivity (Wildman–Crippen MR) is 41.0 cm³/mol. The molecular formula is C6H18HfN3. The SMILES string of the molecule is CC[NH][Hf]([NH]CC)[NH]CC. The van der Waals surface area contributed by atoms with Crippen LogP contribution in [0.2, 0.25) is 0 Å². The van der Waals surface area contributed by atoms with E-state index in [1.54, 1.807) is 0 Å². The molecule has 0 fully saturated rings. The zero-order chi connectivity index (χ0) is 7.82. The second-order valence-corrected chi connectivity index (χ2v) is 8.47. The Morgan fingerprint density at radius 2 is 1.10 bits per heavy atom. The Morgan fingerprint density at radius 3 is 1.30 bits per heavy atom. The minimum absolute atomic E-state index is 1.09. The summed E-state index contributed by atoms with van der Waals surface area (Å²) in [7, 11) is 0. The van der Waals surface area contributed by atoms with Gasteiger partial charge < -0.3 is 0 Å². The number of hydrogen-bond donors (Lipinski definition) is 3. The van der Waals surface area contributed by atoms with Gasteiger partial charge in [0.1, 0.15) is 0 Å². The molecule has 0 unspecified atom stereocenters. The molecular weight excluding hydrogens is 293 g/mol. The van der Waals surface area contributed by atoms with Gasteiger partial charge in [0, 0.05) is 0 Å². The molecule has 10 heavy (non-hydrogen) atoms. The summed E-state index contributed by atoms with van der Waals surface area (Å²) in [5, 5.41) is 0. The van der Waals surface area contributed by atoms with E-state index in [1.165, 1.54) is 0 Å². The minimum atomic E-state index is -1.66. The van der Waals surface area contributed by atoms with E-state index in [0.29, 0.717) is 0 Å². The molecule has 0 amide bonds. The Hall–Kier alpha value is 0.750. The van der Waals surface area contributed by atoms with Crippen molar-refractivity contribution in [3.63, 3.8) is 0 Å². The van der Waals surface area contributed by atoms with Crippen molar-refractivity contribution in [2.75, 3.05) is 19.6 Å². The van der Waals surface area contributed by atoms with Crippen LogP contribution in [0.15, 0.2) is 0 Å². The quantitative estimate of drug-likeness (QED) is 0.613. The first-order chi connectivity index (χ1) is 4.85. The van der Waals surface area contributed by atoms with Crippen molar-refractivity contribution in [1.82, 2.24) is 9.91 Å². The van der Waals surface area contributed by atoms with Crippen molar-refractivity contribution in [3.8, 4) is 0 Å². The third-order valence-electron chi connectivity index (χ3n) is 1.06. The molecule has 0 aliphatic heterocycles. The van der Waals surface area contributed by atoms with Gasteiger partial charge in [0.25, 0.3) is 0 Å². The van der Waals surface area contributed by atoms with Gasteiger partial charge in [-0.2, -0.15) is 0 Å². The number of hydrogen-bond acceptors (Lipinski definition) is 3. The van der Waals surface area contributed by atoms with Crippen LogP contribution in [0.3, 0.4) is 0 Å². The van der Waals surface area contributed by atoms with Gasteiger partial charge in [-0.3, -0.25) is 0 Å². The van der Waals surface area contributed by atoms with Gasteiger partial charge >= 0.3 is 72.6 Å². The van der Waals surface area contributed by atoms with Crippen molar-refractivity contribution in [2.24, 2.45) is 0 Å². The summed E-state index contributed by atoms with van der Waals surface area (Å²) in [5.41, 5.74) is 0. The summed E-state index contributed by atoms with van der Waals surface area (Å²) in [6.45, 7) is 9.71. The van der Waals surface area contributed by atoms with Crippen molar-refractivity contribution in [3.05, 3.63) is 0 Å². The van der Waals surface area contributed by atoms with Gasteiger partial charge in [-0.15, -0.1) is 0 Å². The molecule has 0 aliphatic carbocycles. The van der Waals surface area contributed by atoms with E-state index in [-0.39, 0.29) is 0 Å². The Bertz CT molecular complexity index is 55.7. The van der Waals surface area contributed by atoms with Crippen LogP contribution in [-0.2, 0) is 22.3 Å². The van der Waals surface area contributed by atoms with E-state index < -0.39 is 22.3 Å². The Balaban J connectivity index is 3.30. The summed E-state index contributed by atoms with van der Waals surface area (Å²) in [4.78, 5) is 0. The van der Waals surface area contributed by atoms with Crippen LogP contribution in [0.4, 0.5) is 0 Å². The number of nitrogens with one attached hydrogen (secondary N) is 3. The van der Waals surface area contributed by atoms with Crippen LogP contribution < -0.4 is 9.91 Å². The van der Waals surface area contributed by atoms with E-state index in [2.05, 4.69) is 30.7 Å². The summed E-state index contributed by atoms with van der Waals surface area (Å²) >= 11 is -1.66. The van der Waals surface area contributed by atoms with Crippen LogP contribution >= 0.6 is 0 Å². The maximum absolute atomic E-state index is 3.48. The molecule has 0 saturated carbocycles. The van der Waals surface area contributed by atoms with E-state index in [4.69, 9.17) is 0 Å². The van der Waals surface area contributed by atoms with E-state index in [9.17, 15) is 0 Å². The number of rotatable bonds is 6. The van der Waals surface area contributed by atoms with Crippen LogP contribution in [0.5, 0.6) is 0 Å². The maximum atomic E-state index is 3.48. The third-order valence-corrected chi connectivity index (χ3v) is 8.68. The monoisotopic (exact) mass is 312 g/mol. The molecule has 0 rings (SSSR count). The van der Waals surface area contributed by atoms with Crippen molar-refractivity contribution in [2.45, 2.75) is 20.8 Å². The molecule has 0 aromatic carbocycles. The second kappa shape index (κ2) is 7.85. The summed E-state index contributed by atoms with van der Waals surface area (Å²) in [5.74, 6) is 0. The normalized spacial score (nSPS) is 9.90. The first kappa shape index (κ1) is 10.8. The van der Waals surface area contributed by atoms with Gasteiger partial charge in [0.2, 0.25) is 0 Å². The third kappa shape index (κ3) is 5.53. The first-order valence-corrected chi connectivity index (χ1v) is 9.32. The topological polar surface area (TPSA) is 36.1 Å². The van der Waals surface area contributed by atoms with Gasteiger partial charge in [-0.05, 0) is 0 Å². The van der Waals surface area contributed by atoms with Crippen LogP contribution in [0.25, 0.3) is 0 Å². The molecule has 4 heteroatoms. The van der Waals surface area contributed by atoms with E-state index >= 15 is 0 Å². The fourth-order valence-electron chi connectivity index (χ4n) is 0.718. The van der Waals surface area contributed by atoms with Crippen LogP contribution in [-0.4, -0.2) is 19.6 Å². The zero-order valence-corrected chi connectivity index (χ0v) is 10.7. The fraction of sp³-hybridized carbons (Fsp3) is 1.00. The first-order valence-electron chi connectivity index (χ1n) is 3.93. The molecule has 0 heterocycles. The zero-order valence-electron chi connectivity index (χ0n) is 7.12. The van der Waals surface area contributed by atoms with E-state index in [1.807, 2.05) is 0 Å². The van der Waals surface area contributed by atoms with Gasteiger partial charge in [0.15, 0.2) is 0 Å². The molecule has 0 bridgehead atoms. The van der Waals surface area contributed by atoms with Crippen molar-refractivity contribution < 1.29 is 22.3 Å². The molecule has 0 spiro atoms. The van der Waals surface area contributed by atoms with Crippen LogP contribution in [0, 0.1) is 0 Å². The Labute approximate surface area is 72.7 Å². The molecule has 0 aliphatic rings. The summed E-state index contributed by atoms with van der Waals surface area (Å²) < 4.78 is 10.4. The molecule has 3 N–H and O–H groups in total. The molecule has 0 atom stereocenters. The molecule has 0 saturated heterocycles. The molecule has 61 valence electrons. The van der Waals surface area contributed by atoms with Gasteiger partial charge in [-0.1, -0.05) is 0 Å². The molecule has 0 aromatic rings. The van der Waals surface area contributed by atoms with E-state index in [0.717, 1.165) is 19.6 Å². The van der Waals surface area contributed by atoms with Crippen molar-refractivity contribution in [1.29, 1.82) is 0 Å². The molecule has 0 radical (unpaired) electrons. The summed E-state index contributed by atoms with van der Waals surface area (Å²) in [6.07, 6.45) is 0. The average molecular weight is 311 g/mol. The van der Waals surface area contributed by atoms with Gasteiger partial charge in [-0.25, -0.2) is 0 Å². The fourth-order valence-corrected chi connectivity index (χ4v) is 5.88. The average Bonchev–Trinajstić information content (AvgIpc) is 1.90. The standard InChI is InChI=1S/3C2H6N.Hf/c3*1-2-3;/h3*3H,2H2,1H3;/q3*-1;+3. The Morgan fingerprint density at radius 1 is 0.800 bits per heavy atom. The Kier molecular flexibility index (Phi) is 8.44. The van der Waals surface area contributed by atoms with Crippen molar-refractivity contribution >= 4 is 0 Å². The summed E-state index contributed by atoms with van der Waals surface area (Å²) in [6, 6.07) is 0.